The molecule has 5 heteroatoms. The summed E-state index contributed by atoms with van der Waals surface area (Å²) in [6.45, 7) is 6.76. The molecule has 0 aliphatic heterocycles. The zero-order valence-electron chi connectivity index (χ0n) is 12.2. The third-order valence-electron chi connectivity index (χ3n) is 2.91. The van der Waals surface area contributed by atoms with Gasteiger partial charge in [0, 0.05) is 0 Å². The van der Waals surface area contributed by atoms with Crippen LogP contribution in [-0.2, 0) is 0 Å². The van der Waals surface area contributed by atoms with Crippen LogP contribution in [0.4, 0.5) is 0 Å². The largest absolute Gasteiger partial charge is 0.493 e. The van der Waals surface area contributed by atoms with Crippen molar-refractivity contribution < 1.29 is 9.26 Å². The molecule has 0 aliphatic rings. The van der Waals surface area contributed by atoms with Crippen molar-refractivity contribution in [1.29, 1.82) is 0 Å². The van der Waals surface area contributed by atoms with E-state index in [-0.39, 0.29) is 6.04 Å². The number of nitrogens with two attached hydrogens (primary N) is 1. The normalized spacial score (nSPS) is 12.7. The molecule has 0 amide bonds. The number of benzene rings is 1. The fourth-order valence-electron chi connectivity index (χ4n) is 2.04. The van der Waals surface area contributed by atoms with Crippen LogP contribution < -0.4 is 10.5 Å². The van der Waals surface area contributed by atoms with E-state index in [0.717, 1.165) is 17.7 Å². The quantitative estimate of drug-likeness (QED) is 0.876. The monoisotopic (exact) mass is 275 g/mol. The summed E-state index contributed by atoms with van der Waals surface area (Å²) in [5.41, 5.74) is 6.88. The minimum absolute atomic E-state index is 0.226. The Balaban J connectivity index is 2.24. The Labute approximate surface area is 119 Å². The smallest absolute Gasteiger partial charge is 0.243 e. The van der Waals surface area contributed by atoms with Crippen LogP contribution in [0.3, 0.4) is 0 Å². The Morgan fingerprint density at radius 3 is 2.75 bits per heavy atom. The maximum absolute atomic E-state index is 6.06. The van der Waals surface area contributed by atoms with E-state index in [4.69, 9.17) is 15.0 Å². The standard InChI is InChI=1S/C15H21N3O2/c1-4-19-13-8-6-5-7-11(13)14-17-15(20-18-14)12(16)9-10(2)3/h5-8,10,12H,4,9,16H2,1-3H3/t12-/m0/s1. The van der Waals surface area contributed by atoms with Gasteiger partial charge < -0.3 is 15.0 Å². The number of aromatic nitrogens is 2. The van der Waals surface area contributed by atoms with Crippen molar-refractivity contribution in [1.82, 2.24) is 10.1 Å². The lowest BCUT2D eigenvalue weighted by molar-refractivity contribution is 0.333. The van der Waals surface area contributed by atoms with Crippen LogP contribution >= 0.6 is 0 Å². The highest BCUT2D eigenvalue weighted by Crippen LogP contribution is 2.28. The molecule has 0 saturated carbocycles. The van der Waals surface area contributed by atoms with Crippen LogP contribution in [0.5, 0.6) is 5.75 Å². The van der Waals surface area contributed by atoms with Gasteiger partial charge >= 0.3 is 0 Å². The molecular weight excluding hydrogens is 254 g/mol. The maximum Gasteiger partial charge on any atom is 0.243 e. The van der Waals surface area contributed by atoms with E-state index < -0.39 is 0 Å². The van der Waals surface area contributed by atoms with E-state index in [1.807, 2.05) is 31.2 Å². The Bertz CT molecular complexity index is 552. The van der Waals surface area contributed by atoms with Gasteiger partial charge in [0.05, 0.1) is 18.2 Å². The molecule has 0 radical (unpaired) electrons. The van der Waals surface area contributed by atoms with Crippen LogP contribution in [0, 0.1) is 5.92 Å². The first-order valence-electron chi connectivity index (χ1n) is 6.93. The van der Waals surface area contributed by atoms with Crippen molar-refractivity contribution in [2.24, 2.45) is 11.7 Å². The molecule has 1 aromatic heterocycles. The highest BCUT2D eigenvalue weighted by Gasteiger charge is 2.18. The van der Waals surface area contributed by atoms with Gasteiger partial charge in [-0.3, -0.25) is 0 Å². The van der Waals surface area contributed by atoms with Gasteiger partial charge in [-0.1, -0.05) is 31.1 Å². The van der Waals surface area contributed by atoms with Gasteiger partial charge in [0.1, 0.15) is 5.75 Å². The lowest BCUT2D eigenvalue weighted by atomic mass is 10.0. The molecule has 20 heavy (non-hydrogen) atoms. The van der Waals surface area contributed by atoms with E-state index >= 15 is 0 Å². The minimum atomic E-state index is -0.226. The molecule has 0 bridgehead atoms. The summed E-state index contributed by atoms with van der Waals surface area (Å²) in [5.74, 6) is 2.22. The molecular formula is C15H21N3O2. The SMILES string of the molecule is CCOc1ccccc1-c1noc([C@@H](N)CC(C)C)n1. The Morgan fingerprint density at radius 2 is 2.05 bits per heavy atom. The maximum atomic E-state index is 6.06. The first-order valence-corrected chi connectivity index (χ1v) is 6.93. The summed E-state index contributed by atoms with van der Waals surface area (Å²) in [6.07, 6.45) is 0.814. The Hall–Kier alpha value is -1.88. The van der Waals surface area contributed by atoms with Crippen molar-refractivity contribution >= 4 is 0 Å². The van der Waals surface area contributed by atoms with Crippen molar-refractivity contribution in [2.45, 2.75) is 33.2 Å². The molecule has 2 aromatic rings. The number of para-hydroxylation sites is 1. The second-order valence-corrected chi connectivity index (χ2v) is 5.12. The number of rotatable bonds is 6. The van der Waals surface area contributed by atoms with E-state index in [9.17, 15) is 0 Å². The Kier molecular flexibility index (Phi) is 4.74. The van der Waals surface area contributed by atoms with Gasteiger partial charge in [-0.05, 0) is 31.4 Å². The van der Waals surface area contributed by atoms with Gasteiger partial charge in [-0.15, -0.1) is 0 Å². The van der Waals surface area contributed by atoms with Gasteiger partial charge in [0.25, 0.3) is 0 Å². The average molecular weight is 275 g/mol. The van der Waals surface area contributed by atoms with E-state index in [1.54, 1.807) is 0 Å². The van der Waals surface area contributed by atoms with E-state index in [0.29, 0.717) is 24.2 Å². The fraction of sp³-hybridized carbons (Fsp3) is 0.467. The van der Waals surface area contributed by atoms with Crippen molar-refractivity contribution in [2.75, 3.05) is 6.61 Å². The predicted molar refractivity (Wildman–Crippen MR) is 77.3 cm³/mol. The predicted octanol–water partition coefficient (Wildman–Crippen LogP) is 3.18. The second kappa shape index (κ2) is 6.52. The van der Waals surface area contributed by atoms with Crippen LogP contribution in [-0.4, -0.2) is 16.7 Å². The van der Waals surface area contributed by atoms with Crippen LogP contribution in [0.15, 0.2) is 28.8 Å². The highest BCUT2D eigenvalue weighted by molar-refractivity contribution is 5.63. The van der Waals surface area contributed by atoms with E-state index in [1.165, 1.54) is 0 Å². The molecule has 5 nitrogen and oxygen atoms in total. The molecule has 0 unspecified atom stereocenters. The van der Waals surface area contributed by atoms with E-state index in [2.05, 4.69) is 24.0 Å². The third kappa shape index (κ3) is 3.36. The summed E-state index contributed by atoms with van der Waals surface area (Å²) in [4.78, 5) is 4.39. The van der Waals surface area contributed by atoms with Crippen LogP contribution in [0.2, 0.25) is 0 Å². The summed E-state index contributed by atoms with van der Waals surface area (Å²) in [6, 6.07) is 7.41. The lowest BCUT2D eigenvalue weighted by Gasteiger charge is -2.08. The van der Waals surface area contributed by atoms with Crippen LogP contribution in [0.25, 0.3) is 11.4 Å². The summed E-state index contributed by atoms with van der Waals surface area (Å²) < 4.78 is 10.8. The zero-order chi connectivity index (χ0) is 14.5. The van der Waals surface area contributed by atoms with Crippen molar-refractivity contribution in [3.63, 3.8) is 0 Å². The van der Waals surface area contributed by atoms with Gasteiger partial charge in [0.15, 0.2) is 0 Å². The molecule has 2 rings (SSSR count). The van der Waals surface area contributed by atoms with Crippen molar-refractivity contribution in [3.05, 3.63) is 30.2 Å². The number of hydrogen-bond acceptors (Lipinski definition) is 5. The van der Waals surface area contributed by atoms with Crippen molar-refractivity contribution in [3.8, 4) is 17.1 Å². The first kappa shape index (κ1) is 14.5. The summed E-state index contributed by atoms with van der Waals surface area (Å²) >= 11 is 0. The van der Waals surface area contributed by atoms with Gasteiger partial charge in [0.2, 0.25) is 11.7 Å². The third-order valence-corrected chi connectivity index (χ3v) is 2.91. The minimum Gasteiger partial charge on any atom is -0.493 e. The molecule has 1 aromatic carbocycles. The Morgan fingerprint density at radius 1 is 1.30 bits per heavy atom. The molecule has 1 heterocycles. The zero-order valence-corrected chi connectivity index (χ0v) is 12.2. The summed E-state index contributed by atoms with van der Waals surface area (Å²) in [7, 11) is 0. The molecule has 108 valence electrons. The number of hydrogen-bond donors (Lipinski definition) is 1. The topological polar surface area (TPSA) is 74.2 Å². The molecule has 0 aliphatic carbocycles. The van der Waals surface area contributed by atoms with Crippen LogP contribution in [0.1, 0.15) is 39.1 Å². The summed E-state index contributed by atoms with van der Waals surface area (Å²) in [5, 5.41) is 4.01. The fourth-order valence-corrected chi connectivity index (χ4v) is 2.04. The second-order valence-electron chi connectivity index (χ2n) is 5.12. The lowest BCUT2D eigenvalue weighted by Crippen LogP contribution is -2.13. The molecule has 2 N–H and O–H groups in total. The highest BCUT2D eigenvalue weighted by atomic mass is 16.5. The molecule has 1 atom stereocenters. The number of ether oxygens (including phenoxy) is 1. The molecule has 0 saturated heterocycles. The average Bonchev–Trinajstić information content (AvgIpc) is 2.88. The molecule has 0 fully saturated rings. The first-order chi connectivity index (χ1) is 9.61. The number of nitrogens with zero attached hydrogens (tertiary/aromatic N) is 2. The molecule has 0 spiro atoms. The van der Waals surface area contributed by atoms with Gasteiger partial charge in [-0.25, -0.2) is 0 Å². The van der Waals surface area contributed by atoms with Gasteiger partial charge in [-0.2, -0.15) is 4.98 Å².